The van der Waals surface area contributed by atoms with Crippen LogP contribution in [0.3, 0.4) is 0 Å². The van der Waals surface area contributed by atoms with Gasteiger partial charge in [-0.1, -0.05) is 47.1 Å². The maximum absolute atomic E-state index is 13.9. The van der Waals surface area contributed by atoms with Gasteiger partial charge in [0.1, 0.15) is 5.78 Å². The highest BCUT2D eigenvalue weighted by molar-refractivity contribution is 7.11. The van der Waals surface area contributed by atoms with Gasteiger partial charge < -0.3 is 10.4 Å². The van der Waals surface area contributed by atoms with E-state index < -0.39 is 5.97 Å². The molecule has 0 spiro atoms. The summed E-state index contributed by atoms with van der Waals surface area (Å²) in [5, 5.41) is 14.4. The summed E-state index contributed by atoms with van der Waals surface area (Å²) in [6, 6.07) is 0. The first-order chi connectivity index (χ1) is 23.6. The van der Waals surface area contributed by atoms with E-state index in [1.54, 1.807) is 16.9 Å². The molecule has 0 aliphatic heterocycles. The van der Waals surface area contributed by atoms with Gasteiger partial charge in [0.05, 0.1) is 16.6 Å². The van der Waals surface area contributed by atoms with E-state index in [0.29, 0.717) is 53.5 Å². The van der Waals surface area contributed by atoms with Crippen LogP contribution in [0.15, 0.2) is 11.1 Å². The third-order valence-corrected chi connectivity index (χ3v) is 17.4. The number of nitrogens with one attached hydrogen (secondary N) is 1. The van der Waals surface area contributed by atoms with Crippen molar-refractivity contribution in [2.45, 2.75) is 139 Å². The summed E-state index contributed by atoms with van der Waals surface area (Å²) < 4.78 is 0. The standard InChI is InChI=1S/C43H64N2O4S/c1-23(2)38-35(47)21-43(17-18-44-22-36-25(4)45-26(5)50-36)16-14-28-29-10-12-37-41(6,7)27(19-34(46)31-20-32(24(31)3)40(48)49)13-15-42(37,8)33(29)11-9-30(28)39(38)43/h23-24,27-33,37,44H,9-22H2,1-8H3,(H,48,49). The number of allylic oxidation sites excluding steroid dienone is 2. The lowest BCUT2D eigenvalue weighted by atomic mass is 9.39. The largest absolute Gasteiger partial charge is 0.481 e. The van der Waals surface area contributed by atoms with Gasteiger partial charge in [-0.3, -0.25) is 14.4 Å². The van der Waals surface area contributed by atoms with Crippen molar-refractivity contribution in [2.75, 3.05) is 6.54 Å². The maximum atomic E-state index is 13.9. The molecule has 6 aliphatic carbocycles. The highest BCUT2D eigenvalue weighted by Crippen LogP contribution is 2.70. The molecule has 5 fully saturated rings. The molecule has 11 atom stereocenters. The topological polar surface area (TPSA) is 96.4 Å². The molecule has 11 unspecified atom stereocenters. The molecule has 276 valence electrons. The van der Waals surface area contributed by atoms with E-state index in [0.717, 1.165) is 61.3 Å². The summed E-state index contributed by atoms with van der Waals surface area (Å²) in [6.07, 6.45) is 12.7. The number of thiazole rings is 1. The Balaban J connectivity index is 1.06. The molecule has 5 saturated carbocycles. The molecule has 0 saturated heterocycles. The Labute approximate surface area is 305 Å². The number of carboxylic acids is 1. The van der Waals surface area contributed by atoms with Crippen LogP contribution in [0.5, 0.6) is 0 Å². The molecule has 2 N–H and O–H groups in total. The number of aryl methyl sites for hydroxylation is 2. The number of Topliss-reactive ketones (excluding diaryl/α,β-unsaturated/α-hetero) is 2. The Morgan fingerprint density at radius 1 is 1.00 bits per heavy atom. The quantitative estimate of drug-likeness (QED) is 0.236. The zero-order valence-corrected chi connectivity index (χ0v) is 33.0. The van der Waals surface area contributed by atoms with E-state index in [4.69, 9.17) is 0 Å². The van der Waals surface area contributed by atoms with Crippen molar-refractivity contribution < 1.29 is 19.5 Å². The molecule has 1 aromatic rings. The second-order valence-corrected chi connectivity index (χ2v) is 20.5. The van der Waals surface area contributed by atoms with Crippen LogP contribution in [0.4, 0.5) is 0 Å². The molecular formula is C43H64N2O4S. The van der Waals surface area contributed by atoms with Crippen LogP contribution in [0.2, 0.25) is 0 Å². The fraction of sp³-hybridized carbons (Fsp3) is 0.814. The van der Waals surface area contributed by atoms with Crippen LogP contribution >= 0.6 is 11.3 Å². The third kappa shape index (κ3) is 5.82. The number of carbonyl (C=O) groups is 3. The molecule has 50 heavy (non-hydrogen) atoms. The van der Waals surface area contributed by atoms with Gasteiger partial charge in [0.15, 0.2) is 5.78 Å². The molecule has 7 heteroatoms. The lowest BCUT2D eigenvalue weighted by molar-refractivity contribution is -0.162. The number of aromatic nitrogens is 1. The number of hydrogen-bond donors (Lipinski definition) is 2. The lowest BCUT2D eigenvalue weighted by Crippen LogP contribution is -2.58. The summed E-state index contributed by atoms with van der Waals surface area (Å²) >= 11 is 1.79. The van der Waals surface area contributed by atoms with Gasteiger partial charge in [-0.05, 0) is 148 Å². The predicted molar refractivity (Wildman–Crippen MR) is 200 cm³/mol. The maximum Gasteiger partial charge on any atom is 0.306 e. The van der Waals surface area contributed by atoms with Crippen molar-refractivity contribution in [2.24, 2.45) is 75.4 Å². The Morgan fingerprint density at radius 3 is 2.42 bits per heavy atom. The summed E-state index contributed by atoms with van der Waals surface area (Å²) in [5.41, 5.74) is 4.37. The van der Waals surface area contributed by atoms with Gasteiger partial charge in [-0.15, -0.1) is 11.3 Å². The summed E-state index contributed by atoms with van der Waals surface area (Å²) in [7, 11) is 0. The van der Waals surface area contributed by atoms with Gasteiger partial charge in [0.2, 0.25) is 0 Å². The van der Waals surface area contributed by atoms with Crippen LogP contribution < -0.4 is 5.32 Å². The van der Waals surface area contributed by atoms with E-state index in [2.05, 4.69) is 58.8 Å². The van der Waals surface area contributed by atoms with Crippen molar-refractivity contribution in [3.8, 4) is 0 Å². The van der Waals surface area contributed by atoms with Crippen molar-refractivity contribution in [1.82, 2.24) is 10.3 Å². The highest BCUT2D eigenvalue weighted by Gasteiger charge is 2.62. The molecule has 0 bridgehead atoms. The molecule has 6 nitrogen and oxygen atoms in total. The van der Waals surface area contributed by atoms with Crippen LogP contribution in [0, 0.1) is 89.3 Å². The average Bonchev–Trinajstić information content (AvgIpc) is 3.53. The van der Waals surface area contributed by atoms with E-state index in [-0.39, 0.29) is 34.5 Å². The van der Waals surface area contributed by atoms with Gasteiger partial charge in [0, 0.05) is 35.6 Å². The second kappa shape index (κ2) is 13.2. The van der Waals surface area contributed by atoms with Crippen molar-refractivity contribution in [1.29, 1.82) is 0 Å². The minimum absolute atomic E-state index is 0.0342. The zero-order chi connectivity index (χ0) is 35.9. The Kier molecular flexibility index (Phi) is 9.65. The van der Waals surface area contributed by atoms with Crippen LogP contribution in [-0.2, 0) is 20.9 Å². The summed E-state index contributed by atoms with van der Waals surface area (Å²) in [6.45, 7) is 20.0. The van der Waals surface area contributed by atoms with Gasteiger partial charge in [-0.2, -0.15) is 0 Å². The number of rotatable bonds is 10. The van der Waals surface area contributed by atoms with E-state index in [9.17, 15) is 19.5 Å². The van der Waals surface area contributed by atoms with Gasteiger partial charge in [0.25, 0.3) is 0 Å². The number of nitrogens with zero attached hydrogens (tertiary/aromatic N) is 1. The zero-order valence-electron chi connectivity index (χ0n) is 32.2. The number of ketones is 2. The number of carbonyl (C=O) groups excluding carboxylic acids is 2. The number of hydrogen-bond acceptors (Lipinski definition) is 6. The monoisotopic (exact) mass is 704 g/mol. The van der Waals surface area contributed by atoms with Crippen molar-refractivity contribution in [3.63, 3.8) is 0 Å². The number of aliphatic carboxylic acids is 1. The first kappa shape index (κ1) is 36.5. The Bertz CT molecular complexity index is 1560. The number of carboxylic acid groups (broad SMARTS) is 1. The average molecular weight is 705 g/mol. The van der Waals surface area contributed by atoms with Gasteiger partial charge in [-0.25, -0.2) is 4.98 Å². The van der Waals surface area contributed by atoms with Crippen molar-refractivity contribution >= 4 is 28.9 Å². The molecule has 1 aromatic heterocycles. The van der Waals surface area contributed by atoms with Crippen molar-refractivity contribution in [3.05, 3.63) is 26.7 Å². The Hall–Kier alpha value is -1.86. The first-order valence-corrected chi connectivity index (χ1v) is 21.1. The molecule has 7 rings (SSSR count). The first-order valence-electron chi connectivity index (χ1n) is 20.3. The third-order valence-electron chi connectivity index (χ3n) is 16.4. The normalized spacial score (nSPS) is 40.5. The number of fused-ring (bicyclic) bond motifs is 7. The molecule has 0 amide bonds. The minimum Gasteiger partial charge on any atom is -0.481 e. The molecule has 1 heterocycles. The minimum atomic E-state index is -0.744. The van der Waals surface area contributed by atoms with Crippen LogP contribution in [-0.4, -0.2) is 34.2 Å². The Morgan fingerprint density at radius 2 is 1.76 bits per heavy atom. The summed E-state index contributed by atoms with van der Waals surface area (Å²) in [5.74, 6) is 3.55. The summed E-state index contributed by atoms with van der Waals surface area (Å²) in [4.78, 5) is 44.9. The van der Waals surface area contributed by atoms with E-state index in [1.165, 1.54) is 49.0 Å². The van der Waals surface area contributed by atoms with Crippen LogP contribution in [0.1, 0.15) is 134 Å². The molecule has 0 aromatic carbocycles. The molecule has 0 radical (unpaired) electrons. The molecular weight excluding hydrogens is 641 g/mol. The van der Waals surface area contributed by atoms with E-state index >= 15 is 0 Å². The van der Waals surface area contributed by atoms with Gasteiger partial charge >= 0.3 is 5.97 Å². The predicted octanol–water partition coefficient (Wildman–Crippen LogP) is 9.37. The smallest absolute Gasteiger partial charge is 0.306 e. The molecule has 6 aliphatic rings. The van der Waals surface area contributed by atoms with Crippen LogP contribution in [0.25, 0.3) is 0 Å². The lowest BCUT2D eigenvalue weighted by Gasteiger charge is -2.65. The highest BCUT2D eigenvalue weighted by atomic mass is 32.1. The second-order valence-electron chi connectivity index (χ2n) is 19.2. The fourth-order valence-corrected chi connectivity index (χ4v) is 14.7. The SMILES string of the molecule is Cc1nc(C)c(CNCCC23CCC4C(CCC5C4CCC4C(C)(C)C(CC(=O)C6CC(C(=O)O)C6C)CCC54C)C2=C(C(C)C)C(=O)C3)s1. The fourth-order valence-electron chi connectivity index (χ4n) is 13.8. The van der Waals surface area contributed by atoms with E-state index in [1.807, 2.05) is 6.92 Å².